The van der Waals surface area contributed by atoms with Gasteiger partial charge < -0.3 is 15.4 Å². The number of amides is 1. The van der Waals surface area contributed by atoms with Crippen molar-refractivity contribution in [2.24, 2.45) is 11.7 Å². The van der Waals surface area contributed by atoms with E-state index in [1.54, 1.807) is 4.90 Å². The highest BCUT2D eigenvalue weighted by Gasteiger charge is 2.29. The number of piperidine rings is 1. The molecular weight excluding hydrogens is 211 g/mol. The van der Waals surface area contributed by atoms with Gasteiger partial charge in [-0.05, 0) is 33.6 Å². The number of rotatable bonds is 1. The minimum atomic E-state index is -1.28. The number of hydrogen-bond donors (Lipinski definition) is 1. The number of nitrogens with two attached hydrogens (primary N) is 1. The number of likely N-dealkylation sites (tertiary alicyclic amines) is 1. The van der Waals surface area contributed by atoms with Crippen LogP contribution in [0.25, 0.3) is 0 Å². The van der Waals surface area contributed by atoms with Crippen molar-refractivity contribution in [2.75, 3.05) is 13.1 Å². The second kappa shape index (κ2) is 4.99. The number of ether oxygens (including phenoxy) is 1. The molecule has 0 aromatic rings. The fraction of sp³-hybridized carbons (Fsp3) is 0.909. The van der Waals surface area contributed by atoms with Crippen LogP contribution in [0.2, 0.25) is 0 Å². The van der Waals surface area contributed by atoms with Crippen LogP contribution in [0.15, 0.2) is 0 Å². The molecule has 5 heteroatoms. The number of halogens is 1. The summed E-state index contributed by atoms with van der Waals surface area (Å²) < 4.78 is 18.1. The van der Waals surface area contributed by atoms with Crippen molar-refractivity contribution >= 4 is 6.09 Å². The van der Waals surface area contributed by atoms with Gasteiger partial charge in [0.05, 0.1) is 0 Å². The SMILES string of the molecule is CC(C)(C)OC(=O)N1CCC(C(N)F)CC1. The van der Waals surface area contributed by atoms with E-state index in [1.165, 1.54) is 0 Å². The van der Waals surface area contributed by atoms with Crippen molar-refractivity contribution < 1.29 is 13.9 Å². The maximum Gasteiger partial charge on any atom is 0.410 e. The highest BCUT2D eigenvalue weighted by Crippen LogP contribution is 2.21. The number of alkyl halides is 1. The Balaban J connectivity index is 2.39. The average Bonchev–Trinajstić information content (AvgIpc) is 2.15. The molecule has 1 aliphatic rings. The monoisotopic (exact) mass is 232 g/mol. The molecule has 0 aromatic carbocycles. The third-order valence-corrected chi connectivity index (χ3v) is 2.64. The van der Waals surface area contributed by atoms with Crippen molar-refractivity contribution in [3.05, 3.63) is 0 Å². The molecule has 1 rings (SSSR count). The summed E-state index contributed by atoms with van der Waals surface area (Å²) in [4.78, 5) is 13.3. The third kappa shape index (κ3) is 3.96. The molecule has 16 heavy (non-hydrogen) atoms. The Kier molecular flexibility index (Phi) is 4.13. The molecule has 1 saturated heterocycles. The van der Waals surface area contributed by atoms with Gasteiger partial charge in [-0.1, -0.05) is 0 Å². The topological polar surface area (TPSA) is 55.6 Å². The zero-order valence-corrected chi connectivity index (χ0v) is 10.2. The summed E-state index contributed by atoms with van der Waals surface area (Å²) in [5.41, 5.74) is 4.71. The Morgan fingerprint density at radius 3 is 2.31 bits per heavy atom. The Labute approximate surface area is 95.9 Å². The maximum atomic E-state index is 12.8. The molecule has 1 heterocycles. The van der Waals surface area contributed by atoms with Gasteiger partial charge in [-0.2, -0.15) is 0 Å². The van der Waals surface area contributed by atoms with Crippen LogP contribution in [-0.4, -0.2) is 36.0 Å². The number of nitrogens with zero attached hydrogens (tertiary/aromatic N) is 1. The van der Waals surface area contributed by atoms with Crippen LogP contribution in [0.5, 0.6) is 0 Å². The van der Waals surface area contributed by atoms with Crippen molar-refractivity contribution in [1.82, 2.24) is 4.90 Å². The first-order chi connectivity index (χ1) is 7.29. The van der Waals surface area contributed by atoms with Gasteiger partial charge in [0, 0.05) is 19.0 Å². The number of carbonyl (C=O) groups is 1. The van der Waals surface area contributed by atoms with E-state index in [0.717, 1.165) is 0 Å². The van der Waals surface area contributed by atoms with Crippen LogP contribution in [0.3, 0.4) is 0 Å². The first-order valence-electron chi connectivity index (χ1n) is 5.67. The minimum Gasteiger partial charge on any atom is -0.444 e. The lowest BCUT2D eigenvalue weighted by molar-refractivity contribution is 0.0146. The van der Waals surface area contributed by atoms with Gasteiger partial charge in [-0.25, -0.2) is 9.18 Å². The molecule has 1 fully saturated rings. The second-order valence-corrected chi connectivity index (χ2v) is 5.25. The fourth-order valence-corrected chi connectivity index (χ4v) is 1.73. The lowest BCUT2D eigenvalue weighted by atomic mass is 9.96. The second-order valence-electron chi connectivity index (χ2n) is 5.25. The molecule has 4 nitrogen and oxygen atoms in total. The van der Waals surface area contributed by atoms with Crippen LogP contribution in [0.1, 0.15) is 33.6 Å². The highest BCUT2D eigenvalue weighted by atomic mass is 19.1. The lowest BCUT2D eigenvalue weighted by Gasteiger charge is -2.33. The molecule has 0 spiro atoms. The summed E-state index contributed by atoms with van der Waals surface area (Å²) in [6, 6.07) is 0. The molecular formula is C11H21FN2O2. The molecule has 94 valence electrons. The summed E-state index contributed by atoms with van der Waals surface area (Å²) in [5.74, 6) is -0.126. The molecule has 2 N–H and O–H groups in total. The van der Waals surface area contributed by atoms with Crippen molar-refractivity contribution in [3.63, 3.8) is 0 Å². The van der Waals surface area contributed by atoms with Gasteiger partial charge in [0.2, 0.25) is 0 Å². The Morgan fingerprint density at radius 1 is 1.44 bits per heavy atom. The van der Waals surface area contributed by atoms with Gasteiger partial charge in [0.1, 0.15) is 5.60 Å². The molecule has 1 aliphatic heterocycles. The Hall–Kier alpha value is -0.840. The Bertz CT molecular complexity index is 243. The van der Waals surface area contributed by atoms with Gasteiger partial charge in [-0.15, -0.1) is 0 Å². The first kappa shape index (κ1) is 13.2. The zero-order chi connectivity index (χ0) is 12.3. The zero-order valence-electron chi connectivity index (χ0n) is 10.2. The van der Waals surface area contributed by atoms with Gasteiger partial charge in [0.25, 0.3) is 0 Å². The molecule has 0 saturated carbocycles. The number of carbonyl (C=O) groups excluding carboxylic acids is 1. The Morgan fingerprint density at radius 2 is 1.94 bits per heavy atom. The third-order valence-electron chi connectivity index (χ3n) is 2.64. The van der Waals surface area contributed by atoms with E-state index in [2.05, 4.69) is 0 Å². The lowest BCUT2D eigenvalue weighted by Crippen LogP contribution is -2.44. The predicted molar refractivity (Wildman–Crippen MR) is 59.6 cm³/mol. The van der Waals surface area contributed by atoms with Gasteiger partial charge in [0.15, 0.2) is 6.30 Å². The number of hydrogen-bond acceptors (Lipinski definition) is 3. The summed E-state index contributed by atoms with van der Waals surface area (Å²) >= 11 is 0. The van der Waals surface area contributed by atoms with E-state index >= 15 is 0 Å². The van der Waals surface area contributed by atoms with Crippen molar-refractivity contribution in [3.8, 4) is 0 Å². The van der Waals surface area contributed by atoms with Gasteiger partial charge >= 0.3 is 6.09 Å². The van der Waals surface area contributed by atoms with E-state index in [0.29, 0.717) is 25.9 Å². The molecule has 1 atom stereocenters. The summed E-state index contributed by atoms with van der Waals surface area (Å²) in [6.45, 7) is 6.54. The summed E-state index contributed by atoms with van der Waals surface area (Å²) in [5, 5.41) is 0. The quantitative estimate of drug-likeness (QED) is 0.702. The van der Waals surface area contributed by atoms with E-state index in [1.807, 2.05) is 20.8 Å². The smallest absolute Gasteiger partial charge is 0.410 e. The molecule has 0 radical (unpaired) electrons. The molecule has 1 unspecified atom stereocenters. The molecule has 1 amide bonds. The van der Waals surface area contributed by atoms with Crippen molar-refractivity contribution in [2.45, 2.75) is 45.5 Å². The summed E-state index contributed by atoms with van der Waals surface area (Å²) in [7, 11) is 0. The van der Waals surface area contributed by atoms with Gasteiger partial charge in [-0.3, -0.25) is 0 Å². The van der Waals surface area contributed by atoms with Crippen LogP contribution in [-0.2, 0) is 4.74 Å². The van der Waals surface area contributed by atoms with Crippen molar-refractivity contribution in [1.29, 1.82) is 0 Å². The molecule has 0 aromatic heterocycles. The van der Waals surface area contributed by atoms with Crippen LogP contribution in [0, 0.1) is 5.92 Å². The summed E-state index contributed by atoms with van der Waals surface area (Å²) in [6.07, 6.45) is -0.382. The van der Waals surface area contributed by atoms with E-state index < -0.39 is 11.9 Å². The fourth-order valence-electron chi connectivity index (χ4n) is 1.73. The average molecular weight is 232 g/mol. The van der Waals surface area contributed by atoms with Crippen LogP contribution in [0.4, 0.5) is 9.18 Å². The van der Waals surface area contributed by atoms with E-state index in [-0.39, 0.29) is 12.0 Å². The maximum absolute atomic E-state index is 12.8. The molecule has 0 aliphatic carbocycles. The normalized spacial score (nSPS) is 20.7. The van der Waals surface area contributed by atoms with Crippen LogP contribution >= 0.6 is 0 Å². The van der Waals surface area contributed by atoms with E-state index in [4.69, 9.17) is 10.5 Å². The highest BCUT2D eigenvalue weighted by molar-refractivity contribution is 5.68. The minimum absolute atomic E-state index is 0.126. The predicted octanol–water partition coefficient (Wildman–Crippen LogP) is 1.89. The first-order valence-corrected chi connectivity index (χ1v) is 5.67. The van der Waals surface area contributed by atoms with Crippen LogP contribution < -0.4 is 5.73 Å². The molecule has 0 bridgehead atoms. The van der Waals surface area contributed by atoms with E-state index in [9.17, 15) is 9.18 Å². The largest absolute Gasteiger partial charge is 0.444 e. The standard InChI is InChI=1S/C11H21FN2O2/c1-11(2,3)16-10(15)14-6-4-8(5-7-14)9(12)13/h8-9H,4-7,13H2,1-3H3.